The summed E-state index contributed by atoms with van der Waals surface area (Å²) in [5.41, 5.74) is 2.25. The number of pyridine rings is 1. The zero-order valence-corrected chi connectivity index (χ0v) is 17.7. The van der Waals surface area contributed by atoms with Gasteiger partial charge in [0.1, 0.15) is 4.83 Å². The number of carbonyl (C=O) groups excluding carboxylic acids is 2. The first kappa shape index (κ1) is 20.5. The fourth-order valence-electron chi connectivity index (χ4n) is 3.48. The van der Waals surface area contributed by atoms with E-state index in [1.54, 1.807) is 36.1 Å². The third kappa shape index (κ3) is 4.50. The molecule has 0 saturated carbocycles. The minimum atomic E-state index is -0.264. The molecular formula is C20H24N6O3S. The number of carbonyl (C=O) groups is 2. The van der Waals surface area contributed by atoms with Crippen LogP contribution in [0.3, 0.4) is 0 Å². The first-order valence-electron chi connectivity index (χ1n) is 9.78. The molecule has 1 aliphatic heterocycles. The Balaban J connectivity index is 1.40. The highest BCUT2D eigenvalue weighted by atomic mass is 32.1. The van der Waals surface area contributed by atoms with Crippen molar-refractivity contribution < 1.29 is 14.3 Å². The molecule has 0 bridgehead atoms. The average Bonchev–Trinajstić information content (AvgIpc) is 3.35. The minimum Gasteiger partial charge on any atom is -0.381 e. The molecule has 1 saturated heterocycles. The topological polar surface area (TPSA) is 101 Å². The Labute approximate surface area is 178 Å². The van der Waals surface area contributed by atoms with Gasteiger partial charge in [-0.05, 0) is 32.9 Å². The van der Waals surface area contributed by atoms with Crippen LogP contribution in [0.5, 0.6) is 0 Å². The lowest BCUT2D eigenvalue weighted by Crippen LogP contribution is -2.41. The minimum absolute atomic E-state index is 0.121. The van der Waals surface area contributed by atoms with Gasteiger partial charge in [0.05, 0.1) is 41.6 Å². The number of fused-ring (bicyclic) bond motifs is 1. The van der Waals surface area contributed by atoms with Crippen molar-refractivity contribution in [2.45, 2.75) is 25.8 Å². The van der Waals surface area contributed by atoms with Crippen molar-refractivity contribution in [2.75, 3.05) is 37.4 Å². The molecule has 2 amide bonds. The summed E-state index contributed by atoms with van der Waals surface area (Å²) in [6.07, 6.45) is 6.80. The molecule has 0 aromatic carbocycles. The van der Waals surface area contributed by atoms with E-state index in [-0.39, 0.29) is 18.4 Å². The lowest BCUT2D eigenvalue weighted by atomic mass is 10.1. The summed E-state index contributed by atoms with van der Waals surface area (Å²) in [5, 5.41) is 11.8. The van der Waals surface area contributed by atoms with Crippen LogP contribution in [0.4, 0.5) is 11.4 Å². The van der Waals surface area contributed by atoms with E-state index in [9.17, 15) is 9.59 Å². The molecule has 0 aliphatic carbocycles. The molecule has 3 aromatic heterocycles. The number of thiazole rings is 1. The Morgan fingerprint density at radius 3 is 2.90 bits per heavy atom. The zero-order valence-electron chi connectivity index (χ0n) is 16.9. The number of hydrogen-bond donors (Lipinski definition) is 2. The van der Waals surface area contributed by atoms with E-state index >= 15 is 0 Å². The number of amides is 2. The third-order valence-corrected chi connectivity index (χ3v) is 6.09. The fourth-order valence-corrected chi connectivity index (χ4v) is 4.28. The predicted molar refractivity (Wildman–Crippen MR) is 115 cm³/mol. The van der Waals surface area contributed by atoms with Crippen LogP contribution in [-0.2, 0) is 9.53 Å². The molecule has 2 N–H and O–H groups in total. The monoisotopic (exact) mass is 428 g/mol. The lowest BCUT2D eigenvalue weighted by molar-refractivity contribution is -0.118. The van der Waals surface area contributed by atoms with Gasteiger partial charge in [-0.15, -0.1) is 11.3 Å². The summed E-state index contributed by atoms with van der Waals surface area (Å²) >= 11 is 1.45. The van der Waals surface area contributed by atoms with E-state index in [0.29, 0.717) is 28.7 Å². The molecule has 0 spiro atoms. The van der Waals surface area contributed by atoms with Crippen LogP contribution < -0.4 is 10.6 Å². The third-order valence-electron chi connectivity index (χ3n) is 5.20. The molecule has 158 valence electrons. The number of likely N-dealkylation sites (N-methyl/N-ethyl adjacent to an activating group) is 1. The van der Waals surface area contributed by atoms with Crippen molar-refractivity contribution >= 4 is 39.4 Å². The number of rotatable bonds is 6. The first-order valence-corrected chi connectivity index (χ1v) is 10.7. The van der Waals surface area contributed by atoms with Crippen molar-refractivity contribution in [3.05, 3.63) is 41.3 Å². The number of aryl methyl sites for hydroxylation is 1. The number of ether oxygens (including phenoxy) is 1. The van der Waals surface area contributed by atoms with Crippen molar-refractivity contribution in [1.29, 1.82) is 0 Å². The Bertz CT molecular complexity index is 1060. The van der Waals surface area contributed by atoms with Crippen molar-refractivity contribution in [1.82, 2.24) is 19.5 Å². The summed E-state index contributed by atoms with van der Waals surface area (Å²) in [6, 6.07) is 2.07. The van der Waals surface area contributed by atoms with E-state index < -0.39 is 0 Å². The SMILES string of the molecule is Cc1ncc(NC(=O)CN(C)C2CCOCC2)cc1NC(=O)c1cnn2ccsc12. The van der Waals surface area contributed by atoms with Crippen molar-refractivity contribution in [3.63, 3.8) is 0 Å². The smallest absolute Gasteiger partial charge is 0.260 e. The van der Waals surface area contributed by atoms with Gasteiger partial charge in [0.25, 0.3) is 5.91 Å². The number of anilines is 2. The fraction of sp³-hybridized carbons (Fsp3) is 0.400. The highest BCUT2D eigenvalue weighted by molar-refractivity contribution is 7.15. The molecule has 4 heterocycles. The molecular weight excluding hydrogens is 404 g/mol. The summed E-state index contributed by atoms with van der Waals surface area (Å²) in [4.78, 5) is 32.3. The van der Waals surface area contributed by atoms with Crippen LogP contribution in [0.25, 0.3) is 4.83 Å². The molecule has 4 rings (SSSR count). The average molecular weight is 429 g/mol. The van der Waals surface area contributed by atoms with Gasteiger partial charge in [-0.1, -0.05) is 0 Å². The van der Waals surface area contributed by atoms with E-state index in [2.05, 4.69) is 25.6 Å². The van der Waals surface area contributed by atoms with E-state index in [4.69, 9.17) is 4.74 Å². The van der Waals surface area contributed by atoms with Crippen molar-refractivity contribution in [3.8, 4) is 0 Å². The van der Waals surface area contributed by atoms with Crippen LogP contribution in [0.15, 0.2) is 30.0 Å². The maximum Gasteiger partial charge on any atom is 0.260 e. The molecule has 30 heavy (non-hydrogen) atoms. The van der Waals surface area contributed by atoms with Gasteiger partial charge in [-0.25, -0.2) is 4.52 Å². The molecule has 9 nitrogen and oxygen atoms in total. The van der Waals surface area contributed by atoms with Gasteiger partial charge >= 0.3 is 0 Å². The second-order valence-electron chi connectivity index (χ2n) is 7.33. The summed E-state index contributed by atoms with van der Waals surface area (Å²) in [5.74, 6) is -0.385. The van der Waals surface area contributed by atoms with Gasteiger partial charge in [-0.3, -0.25) is 19.5 Å². The molecule has 0 unspecified atom stereocenters. The van der Waals surface area contributed by atoms with Gasteiger partial charge < -0.3 is 15.4 Å². The summed E-state index contributed by atoms with van der Waals surface area (Å²) < 4.78 is 7.04. The maximum atomic E-state index is 12.7. The second-order valence-corrected chi connectivity index (χ2v) is 8.22. The van der Waals surface area contributed by atoms with Crippen LogP contribution in [0, 0.1) is 6.92 Å². The second kappa shape index (κ2) is 8.90. The summed E-state index contributed by atoms with van der Waals surface area (Å²) in [7, 11) is 1.95. The number of nitrogens with one attached hydrogen (secondary N) is 2. The first-order chi connectivity index (χ1) is 14.5. The molecule has 10 heteroatoms. The van der Waals surface area contributed by atoms with Crippen LogP contribution in [0.2, 0.25) is 0 Å². The predicted octanol–water partition coefficient (Wildman–Crippen LogP) is 2.40. The number of aromatic nitrogens is 3. The Morgan fingerprint density at radius 2 is 2.10 bits per heavy atom. The molecule has 0 radical (unpaired) electrons. The number of hydrogen-bond acceptors (Lipinski definition) is 7. The standard InChI is InChI=1S/C20H24N6O3S/c1-13-17(24-19(28)16-11-22-26-5-8-30-20(16)26)9-14(10-21-13)23-18(27)12-25(2)15-3-6-29-7-4-15/h5,8-11,15H,3-4,6-7,12H2,1-2H3,(H,23,27)(H,24,28). The normalized spacial score (nSPS) is 14.9. The maximum absolute atomic E-state index is 12.7. The molecule has 0 atom stereocenters. The highest BCUT2D eigenvalue weighted by Crippen LogP contribution is 2.22. The largest absolute Gasteiger partial charge is 0.381 e. The molecule has 3 aromatic rings. The zero-order chi connectivity index (χ0) is 21.1. The van der Waals surface area contributed by atoms with Crippen LogP contribution in [0.1, 0.15) is 28.9 Å². The quantitative estimate of drug-likeness (QED) is 0.625. The lowest BCUT2D eigenvalue weighted by Gasteiger charge is -2.30. The Kier molecular flexibility index (Phi) is 6.07. The highest BCUT2D eigenvalue weighted by Gasteiger charge is 2.20. The van der Waals surface area contributed by atoms with Crippen LogP contribution >= 0.6 is 11.3 Å². The number of nitrogens with zero attached hydrogens (tertiary/aromatic N) is 4. The van der Waals surface area contributed by atoms with Gasteiger partial charge in [0.15, 0.2) is 0 Å². The van der Waals surface area contributed by atoms with Gasteiger partial charge in [0, 0.05) is 30.8 Å². The van der Waals surface area contributed by atoms with E-state index in [1.807, 2.05) is 12.4 Å². The van der Waals surface area contributed by atoms with Crippen LogP contribution in [-0.4, -0.2) is 64.2 Å². The van der Waals surface area contributed by atoms with E-state index in [1.165, 1.54) is 11.3 Å². The van der Waals surface area contributed by atoms with Gasteiger partial charge in [0.2, 0.25) is 5.91 Å². The van der Waals surface area contributed by atoms with Crippen molar-refractivity contribution in [2.24, 2.45) is 0 Å². The van der Waals surface area contributed by atoms with E-state index in [0.717, 1.165) is 30.9 Å². The molecule has 1 fully saturated rings. The Morgan fingerprint density at radius 1 is 1.30 bits per heavy atom. The van der Waals surface area contributed by atoms with Gasteiger partial charge in [-0.2, -0.15) is 5.10 Å². The molecule has 1 aliphatic rings. The summed E-state index contributed by atoms with van der Waals surface area (Å²) in [6.45, 7) is 3.55. The Hall–Kier alpha value is -2.82.